The Morgan fingerprint density at radius 1 is 1.37 bits per heavy atom. The molecule has 0 spiro atoms. The van der Waals surface area contributed by atoms with Gasteiger partial charge >= 0.3 is 5.97 Å². The molecule has 1 unspecified atom stereocenters. The van der Waals surface area contributed by atoms with Crippen molar-refractivity contribution in [1.82, 2.24) is 0 Å². The smallest absolute Gasteiger partial charge is 0.304 e. The van der Waals surface area contributed by atoms with E-state index in [1.54, 1.807) is 25.2 Å². The fourth-order valence-corrected chi connectivity index (χ4v) is 2.44. The number of carboxylic acids is 1. The summed E-state index contributed by atoms with van der Waals surface area (Å²) in [6.07, 6.45) is -0.498. The van der Waals surface area contributed by atoms with Crippen molar-refractivity contribution in [3.63, 3.8) is 0 Å². The van der Waals surface area contributed by atoms with Crippen LogP contribution in [0.15, 0.2) is 18.2 Å². The predicted octanol–water partition coefficient (Wildman–Crippen LogP) is 1.64. The minimum atomic E-state index is -1.52. The number of hydrogen-bond acceptors (Lipinski definition) is 3. The number of benzene rings is 1. The van der Waals surface area contributed by atoms with Crippen LogP contribution in [0.3, 0.4) is 0 Å². The van der Waals surface area contributed by atoms with Crippen LogP contribution in [0.5, 0.6) is 0 Å². The second-order valence-electron chi connectivity index (χ2n) is 5.12. The van der Waals surface area contributed by atoms with Crippen LogP contribution < -0.4 is 4.90 Å². The quantitative estimate of drug-likeness (QED) is 0.821. The van der Waals surface area contributed by atoms with E-state index in [4.69, 9.17) is 5.11 Å². The van der Waals surface area contributed by atoms with Gasteiger partial charge in [-0.2, -0.15) is 0 Å². The van der Waals surface area contributed by atoms with E-state index in [1.165, 1.54) is 11.8 Å². The van der Waals surface area contributed by atoms with Crippen molar-refractivity contribution in [2.45, 2.75) is 20.3 Å². The standard InChI is InChI=1S/C14H15NO4/c1-8-4-5-9-10(6-8)15(3)13(19)14(2,12(9)18)7-11(16)17/h4-6H,7H2,1-3H3,(H,16,17). The highest BCUT2D eigenvalue weighted by Gasteiger charge is 2.49. The lowest BCUT2D eigenvalue weighted by molar-refractivity contribution is -0.142. The van der Waals surface area contributed by atoms with Crippen LogP contribution in [-0.2, 0) is 9.59 Å². The Balaban J connectivity index is 2.61. The maximum atomic E-state index is 12.4. The third-order valence-electron chi connectivity index (χ3n) is 3.54. The molecule has 1 N–H and O–H groups in total. The molecule has 1 heterocycles. The van der Waals surface area contributed by atoms with Crippen molar-refractivity contribution in [3.8, 4) is 0 Å². The Kier molecular flexibility index (Phi) is 2.92. The molecule has 2 rings (SSSR count). The van der Waals surface area contributed by atoms with Gasteiger partial charge in [-0.3, -0.25) is 14.4 Å². The zero-order valence-corrected chi connectivity index (χ0v) is 11.1. The van der Waals surface area contributed by atoms with Gasteiger partial charge in [-0.25, -0.2) is 0 Å². The molecule has 1 atom stereocenters. The Morgan fingerprint density at radius 3 is 2.58 bits per heavy atom. The highest BCUT2D eigenvalue weighted by Crippen LogP contribution is 2.39. The van der Waals surface area contributed by atoms with E-state index in [1.807, 2.05) is 6.92 Å². The van der Waals surface area contributed by atoms with Crippen LogP contribution in [0.2, 0.25) is 0 Å². The van der Waals surface area contributed by atoms with Crippen molar-refractivity contribution >= 4 is 23.3 Å². The molecule has 1 aromatic rings. The van der Waals surface area contributed by atoms with E-state index < -0.39 is 29.5 Å². The number of hydrogen-bond donors (Lipinski definition) is 1. The first-order valence-corrected chi connectivity index (χ1v) is 5.93. The summed E-state index contributed by atoms with van der Waals surface area (Å²) in [7, 11) is 1.56. The van der Waals surface area contributed by atoms with Gasteiger partial charge in [0.1, 0.15) is 5.41 Å². The van der Waals surface area contributed by atoms with E-state index in [0.717, 1.165) is 5.56 Å². The van der Waals surface area contributed by atoms with E-state index in [2.05, 4.69) is 0 Å². The number of ketones is 1. The van der Waals surface area contributed by atoms with E-state index >= 15 is 0 Å². The van der Waals surface area contributed by atoms with Crippen molar-refractivity contribution in [3.05, 3.63) is 29.3 Å². The molecule has 0 bridgehead atoms. The molecular weight excluding hydrogens is 246 g/mol. The van der Waals surface area contributed by atoms with Gasteiger partial charge in [-0.05, 0) is 31.5 Å². The van der Waals surface area contributed by atoms with Crippen LogP contribution >= 0.6 is 0 Å². The topological polar surface area (TPSA) is 74.7 Å². The minimum Gasteiger partial charge on any atom is -0.481 e. The van der Waals surface area contributed by atoms with Crippen molar-refractivity contribution in [2.24, 2.45) is 5.41 Å². The van der Waals surface area contributed by atoms with Crippen LogP contribution in [0.1, 0.15) is 29.3 Å². The molecule has 0 saturated carbocycles. The summed E-state index contributed by atoms with van der Waals surface area (Å²) in [6, 6.07) is 5.18. The number of Topliss-reactive ketones (excluding diaryl/α,β-unsaturated/α-hetero) is 1. The van der Waals surface area contributed by atoms with Gasteiger partial charge in [-0.1, -0.05) is 6.07 Å². The van der Waals surface area contributed by atoms with Crippen LogP contribution in [0.4, 0.5) is 5.69 Å². The average molecular weight is 261 g/mol. The van der Waals surface area contributed by atoms with E-state index in [9.17, 15) is 14.4 Å². The molecule has 0 aliphatic carbocycles. The Morgan fingerprint density at radius 2 is 2.00 bits per heavy atom. The predicted molar refractivity (Wildman–Crippen MR) is 69.3 cm³/mol. The number of fused-ring (bicyclic) bond motifs is 1. The van der Waals surface area contributed by atoms with Crippen LogP contribution in [0.25, 0.3) is 0 Å². The number of carbonyl (C=O) groups is 3. The average Bonchev–Trinajstić information content (AvgIpc) is 2.33. The summed E-state index contributed by atoms with van der Waals surface area (Å²) >= 11 is 0. The third-order valence-corrected chi connectivity index (χ3v) is 3.54. The Labute approximate surface area is 110 Å². The van der Waals surface area contributed by atoms with Gasteiger partial charge in [0.05, 0.1) is 12.1 Å². The van der Waals surface area contributed by atoms with Crippen molar-refractivity contribution in [2.75, 3.05) is 11.9 Å². The lowest BCUT2D eigenvalue weighted by Crippen LogP contribution is -2.51. The number of aliphatic carboxylic acids is 1. The molecule has 0 aromatic heterocycles. The molecule has 1 aromatic carbocycles. The second kappa shape index (κ2) is 4.19. The molecule has 1 aliphatic rings. The third kappa shape index (κ3) is 1.91. The fourth-order valence-electron chi connectivity index (χ4n) is 2.44. The molecule has 19 heavy (non-hydrogen) atoms. The number of rotatable bonds is 2. The van der Waals surface area contributed by atoms with Crippen LogP contribution in [-0.4, -0.2) is 29.8 Å². The lowest BCUT2D eigenvalue weighted by Gasteiger charge is -2.36. The Bertz CT molecular complexity index is 593. The number of carbonyl (C=O) groups excluding carboxylic acids is 2. The van der Waals surface area contributed by atoms with Gasteiger partial charge in [-0.15, -0.1) is 0 Å². The van der Waals surface area contributed by atoms with Crippen molar-refractivity contribution < 1.29 is 19.5 Å². The summed E-state index contributed by atoms with van der Waals surface area (Å²) in [5.41, 5.74) is 0.352. The van der Waals surface area contributed by atoms with E-state index in [0.29, 0.717) is 11.3 Å². The molecule has 100 valence electrons. The van der Waals surface area contributed by atoms with Gasteiger partial charge in [0, 0.05) is 12.6 Å². The summed E-state index contributed by atoms with van der Waals surface area (Å²) in [5, 5.41) is 8.92. The van der Waals surface area contributed by atoms with Crippen molar-refractivity contribution in [1.29, 1.82) is 0 Å². The van der Waals surface area contributed by atoms with Gasteiger partial charge in [0.2, 0.25) is 5.91 Å². The summed E-state index contributed by atoms with van der Waals surface area (Å²) in [4.78, 5) is 37.0. The molecule has 1 amide bonds. The lowest BCUT2D eigenvalue weighted by atomic mass is 9.74. The summed E-state index contributed by atoms with van der Waals surface area (Å²) in [5.74, 6) is -2.06. The first kappa shape index (κ1) is 13.3. The fraction of sp³-hybridized carbons (Fsp3) is 0.357. The molecule has 1 aliphatic heterocycles. The first-order valence-electron chi connectivity index (χ1n) is 5.93. The normalized spacial score (nSPS) is 22.4. The van der Waals surface area contributed by atoms with Gasteiger partial charge in [0.25, 0.3) is 0 Å². The summed E-state index contributed by atoms with van der Waals surface area (Å²) in [6.45, 7) is 3.26. The second-order valence-corrected chi connectivity index (χ2v) is 5.12. The number of amides is 1. The largest absolute Gasteiger partial charge is 0.481 e. The van der Waals surface area contributed by atoms with E-state index in [-0.39, 0.29) is 0 Å². The highest BCUT2D eigenvalue weighted by atomic mass is 16.4. The molecule has 0 saturated heterocycles. The first-order chi connectivity index (χ1) is 8.77. The van der Waals surface area contributed by atoms with Crippen LogP contribution in [0, 0.1) is 12.3 Å². The van der Waals surface area contributed by atoms with Gasteiger partial charge in [0.15, 0.2) is 5.78 Å². The number of nitrogens with zero attached hydrogens (tertiary/aromatic N) is 1. The molecule has 0 fully saturated rings. The maximum absolute atomic E-state index is 12.4. The summed E-state index contributed by atoms with van der Waals surface area (Å²) < 4.78 is 0. The SMILES string of the molecule is Cc1ccc2c(c1)N(C)C(=O)C(C)(CC(=O)O)C2=O. The molecule has 5 heteroatoms. The maximum Gasteiger partial charge on any atom is 0.304 e. The zero-order chi connectivity index (χ0) is 14.4. The molecule has 5 nitrogen and oxygen atoms in total. The molecule has 0 radical (unpaired) electrons. The molecular formula is C14H15NO4. The number of anilines is 1. The number of aryl methyl sites for hydroxylation is 1. The highest BCUT2D eigenvalue weighted by molar-refractivity contribution is 6.25. The zero-order valence-electron chi connectivity index (χ0n) is 11.1. The monoisotopic (exact) mass is 261 g/mol. The Hall–Kier alpha value is -2.17. The van der Waals surface area contributed by atoms with Gasteiger partial charge < -0.3 is 10.0 Å². The minimum absolute atomic E-state index is 0.399. The number of carboxylic acid groups (broad SMARTS) is 1.